The van der Waals surface area contributed by atoms with E-state index in [2.05, 4.69) is 24.0 Å². The molecule has 0 saturated heterocycles. The molecule has 0 aliphatic carbocycles. The number of nitrogens with zero attached hydrogens (tertiary/aromatic N) is 5. The molecule has 1 atom stereocenters. The number of hydrogen-bond donors (Lipinski definition) is 0. The van der Waals surface area contributed by atoms with Crippen LogP contribution < -0.4 is 0 Å². The molecule has 4 aromatic rings. The van der Waals surface area contributed by atoms with E-state index in [-0.39, 0.29) is 27.1 Å². The molecule has 1 unspecified atom stereocenters. The van der Waals surface area contributed by atoms with Crippen LogP contribution in [-0.4, -0.2) is 30.0 Å². The SMILES string of the molecule is Cc1nc2cc(-c3noc(C(F)(F)F)n3)ccn2c1N=S(C)(=O)c1ccc(F)cc1Cl. The van der Waals surface area contributed by atoms with Crippen molar-refractivity contribution in [3.63, 3.8) is 0 Å². The Kier molecular flexibility index (Phi) is 5.01. The standard InChI is InChI=1S/C18H12ClF4N5O2S/c1-9-16(27-31(2,29)13-4-3-11(20)8-12(13)19)28-6-5-10(7-14(28)24-9)15-25-17(30-26-15)18(21,22)23/h3-8H,1-2H3. The van der Waals surface area contributed by atoms with Crippen LogP contribution in [0.5, 0.6) is 0 Å². The second-order valence-corrected chi connectivity index (χ2v) is 9.19. The Bertz CT molecular complexity index is 1440. The number of aromatic nitrogens is 4. The van der Waals surface area contributed by atoms with Gasteiger partial charge in [0, 0.05) is 18.0 Å². The molecule has 0 saturated carbocycles. The Balaban J connectivity index is 1.80. The smallest absolute Gasteiger partial charge is 0.329 e. The van der Waals surface area contributed by atoms with Crippen molar-refractivity contribution in [3.8, 4) is 11.4 Å². The van der Waals surface area contributed by atoms with Crippen molar-refractivity contribution in [2.45, 2.75) is 18.0 Å². The van der Waals surface area contributed by atoms with E-state index in [4.69, 9.17) is 11.6 Å². The van der Waals surface area contributed by atoms with Crippen molar-refractivity contribution in [2.24, 2.45) is 4.36 Å². The number of imidazole rings is 1. The number of alkyl halides is 3. The van der Waals surface area contributed by atoms with Crippen LogP contribution in [-0.2, 0) is 15.9 Å². The van der Waals surface area contributed by atoms with E-state index in [0.717, 1.165) is 12.1 Å². The Morgan fingerprint density at radius 3 is 2.58 bits per heavy atom. The maximum Gasteiger partial charge on any atom is 0.471 e. The molecule has 0 spiro atoms. The molecule has 3 heterocycles. The minimum absolute atomic E-state index is 0.0254. The predicted molar refractivity (Wildman–Crippen MR) is 104 cm³/mol. The normalized spacial score (nSPS) is 14.0. The van der Waals surface area contributed by atoms with Crippen molar-refractivity contribution in [1.29, 1.82) is 0 Å². The summed E-state index contributed by atoms with van der Waals surface area (Å²) in [5.74, 6) is -2.04. The van der Waals surface area contributed by atoms with E-state index in [1.54, 1.807) is 6.92 Å². The second kappa shape index (κ2) is 7.31. The highest BCUT2D eigenvalue weighted by Crippen LogP contribution is 2.32. The summed E-state index contributed by atoms with van der Waals surface area (Å²) in [6.07, 6.45) is -1.92. The number of rotatable bonds is 3. The summed E-state index contributed by atoms with van der Waals surface area (Å²) in [7, 11) is -3.07. The van der Waals surface area contributed by atoms with Crippen LogP contribution >= 0.6 is 11.6 Å². The maximum atomic E-state index is 13.3. The largest absolute Gasteiger partial charge is 0.471 e. The van der Waals surface area contributed by atoms with Gasteiger partial charge in [0.05, 0.1) is 25.3 Å². The van der Waals surface area contributed by atoms with E-state index >= 15 is 0 Å². The van der Waals surface area contributed by atoms with Gasteiger partial charge in [-0.3, -0.25) is 4.40 Å². The van der Waals surface area contributed by atoms with E-state index in [1.165, 1.54) is 35.1 Å². The van der Waals surface area contributed by atoms with Gasteiger partial charge in [0.15, 0.2) is 5.82 Å². The third kappa shape index (κ3) is 4.00. The summed E-state index contributed by atoms with van der Waals surface area (Å²) < 4.78 is 74.7. The van der Waals surface area contributed by atoms with Gasteiger partial charge in [0.1, 0.15) is 11.5 Å². The number of benzene rings is 1. The third-order valence-corrected chi connectivity index (χ3v) is 6.38. The van der Waals surface area contributed by atoms with E-state index in [1.807, 2.05) is 0 Å². The zero-order valence-corrected chi connectivity index (χ0v) is 17.4. The lowest BCUT2D eigenvalue weighted by Gasteiger charge is -2.07. The van der Waals surface area contributed by atoms with Crippen LogP contribution in [0.4, 0.5) is 23.4 Å². The van der Waals surface area contributed by atoms with Crippen LogP contribution in [0.15, 0.2) is 50.3 Å². The average Bonchev–Trinajstić information content (AvgIpc) is 3.26. The van der Waals surface area contributed by atoms with E-state index in [0.29, 0.717) is 11.3 Å². The zero-order valence-electron chi connectivity index (χ0n) is 15.8. The average molecular weight is 474 g/mol. The van der Waals surface area contributed by atoms with Crippen molar-refractivity contribution in [3.05, 3.63) is 59.0 Å². The summed E-state index contributed by atoms with van der Waals surface area (Å²) in [6, 6.07) is 6.37. The first kappa shape index (κ1) is 21.2. The van der Waals surface area contributed by atoms with Crippen molar-refractivity contribution in [2.75, 3.05) is 6.26 Å². The number of aryl methyl sites for hydroxylation is 1. The fourth-order valence-electron chi connectivity index (χ4n) is 2.85. The van der Waals surface area contributed by atoms with Gasteiger partial charge >= 0.3 is 12.1 Å². The summed E-state index contributed by atoms with van der Waals surface area (Å²) in [4.78, 5) is 7.82. The van der Waals surface area contributed by atoms with Crippen LogP contribution in [0, 0.1) is 12.7 Å². The van der Waals surface area contributed by atoms with Crippen LogP contribution in [0.3, 0.4) is 0 Å². The van der Waals surface area contributed by atoms with Gasteiger partial charge in [-0.1, -0.05) is 16.8 Å². The van der Waals surface area contributed by atoms with Gasteiger partial charge in [0.2, 0.25) is 5.82 Å². The maximum absolute atomic E-state index is 13.3. The van der Waals surface area contributed by atoms with Crippen LogP contribution in [0.1, 0.15) is 11.6 Å². The quantitative estimate of drug-likeness (QED) is 0.377. The molecule has 0 bridgehead atoms. The lowest BCUT2D eigenvalue weighted by molar-refractivity contribution is -0.159. The van der Waals surface area contributed by atoms with Crippen molar-refractivity contribution < 1.29 is 26.3 Å². The first-order chi connectivity index (χ1) is 14.5. The molecule has 31 heavy (non-hydrogen) atoms. The fraction of sp³-hybridized carbons (Fsp3) is 0.167. The van der Waals surface area contributed by atoms with Gasteiger partial charge in [-0.15, -0.1) is 0 Å². The monoisotopic (exact) mass is 473 g/mol. The first-order valence-corrected chi connectivity index (χ1v) is 10.8. The third-order valence-electron chi connectivity index (χ3n) is 4.26. The molecule has 3 aromatic heterocycles. The summed E-state index contributed by atoms with van der Waals surface area (Å²) >= 11 is 6.03. The number of fused-ring (bicyclic) bond motifs is 1. The molecule has 13 heteroatoms. The van der Waals surface area contributed by atoms with E-state index in [9.17, 15) is 21.8 Å². The Labute approximate surface area is 177 Å². The highest BCUT2D eigenvalue weighted by atomic mass is 35.5. The van der Waals surface area contributed by atoms with Gasteiger partial charge in [0.25, 0.3) is 0 Å². The first-order valence-electron chi connectivity index (χ1n) is 8.53. The Morgan fingerprint density at radius 2 is 1.94 bits per heavy atom. The lowest BCUT2D eigenvalue weighted by Crippen LogP contribution is -2.04. The second-order valence-electron chi connectivity index (χ2n) is 6.55. The molecule has 0 aliphatic heterocycles. The highest BCUT2D eigenvalue weighted by Gasteiger charge is 2.38. The molecule has 1 aromatic carbocycles. The molecule has 4 rings (SSSR count). The van der Waals surface area contributed by atoms with Crippen LogP contribution in [0.25, 0.3) is 17.0 Å². The van der Waals surface area contributed by atoms with Crippen molar-refractivity contribution >= 4 is 32.8 Å². The van der Waals surface area contributed by atoms with Crippen LogP contribution in [0.2, 0.25) is 5.02 Å². The van der Waals surface area contributed by atoms with Gasteiger partial charge in [-0.25, -0.2) is 13.6 Å². The minimum atomic E-state index is -4.76. The molecule has 0 amide bonds. The molecule has 0 radical (unpaired) electrons. The van der Waals surface area contributed by atoms with E-state index < -0.39 is 27.6 Å². The number of halogens is 5. The molecular formula is C18H12ClF4N5O2S. The molecular weight excluding hydrogens is 462 g/mol. The Morgan fingerprint density at radius 1 is 1.19 bits per heavy atom. The molecule has 0 aliphatic rings. The Hall–Kier alpha value is -2.99. The number of pyridine rings is 1. The van der Waals surface area contributed by atoms with Crippen molar-refractivity contribution in [1.82, 2.24) is 19.5 Å². The fourth-order valence-corrected chi connectivity index (χ4v) is 4.84. The van der Waals surface area contributed by atoms with Gasteiger partial charge in [-0.05, 0) is 37.3 Å². The van der Waals surface area contributed by atoms with Gasteiger partial charge < -0.3 is 4.52 Å². The molecule has 0 fully saturated rings. The molecule has 7 nitrogen and oxygen atoms in total. The highest BCUT2D eigenvalue weighted by molar-refractivity contribution is 7.93. The summed E-state index contributed by atoms with van der Waals surface area (Å²) in [5.41, 5.74) is 0.962. The van der Waals surface area contributed by atoms with Gasteiger partial charge in [-0.2, -0.15) is 22.5 Å². The minimum Gasteiger partial charge on any atom is -0.329 e. The summed E-state index contributed by atoms with van der Waals surface area (Å²) in [5, 5.41) is 3.32. The topological polar surface area (TPSA) is 85.7 Å². The number of hydrogen-bond acceptors (Lipinski definition) is 6. The predicted octanol–water partition coefficient (Wildman–Crippen LogP) is 5.29. The lowest BCUT2D eigenvalue weighted by atomic mass is 10.2. The molecule has 162 valence electrons. The zero-order chi connectivity index (χ0) is 22.6. The summed E-state index contributed by atoms with van der Waals surface area (Å²) in [6.45, 7) is 1.63. The molecule has 0 N–H and O–H groups in total.